The molecule has 6 rings (SSSR count). The Bertz CT molecular complexity index is 1530. The summed E-state index contributed by atoms with van der Waals surface area (Å²) in [5.74, 6) is 3.56. The van der Waals surface area contributed by atoms with Gasteiger partial charge < -0.3 is 20.3 Å². The van der Waals surface area contributed by atoms with Crippen LogP contribution in [0.5, 0.6) is 0 Å². The lowest BCUT2D eigenvalue weighted by atomic mass is 10.0. The van der Waals surface area contributed by atoms with Crippen molar-refractivity contribution < 1.29 is 9.53 Å². The van der Waals surface area contributed by atoms with Gasteiger partial charge in [-0.15, -0.1) is 17.8 Å². The van der Waals surface area contributed by atoms with Crippen molar-refractivity contribution in [3.63, 3.8) is 0 Å². The number of thiophene rings is 1. The summed E-state index contributed by atoms with van der Waals surface area (Å²) in [5, 5.41) is 8.61. The molecule has 0 spiro atoms. The fourth-order valence-corrected chi connectivity index (χ4v) is 6.20. The molecule has 0 bridgehead atoms. The first-order chi connectivity index (χ1) is 17.5. The molecule has 1 aromatic carbocycles. The molecule has 182 valence electrons. The Morgan fingerprint density at radius 2 is 2.00 bits per heavy atom. The van der Waals surface area contributed by atoms with E-state index < -0.39 is 0 Å². The number of rotatable bonds is 3. The summed E-state index contributed by atoms with van der Waals surface area (Å²) < 4.78 is 6.59. The molecule has 0 aliphatic carbocycles. The Balaban J connectivity index is 1.42. The number of nitrogens with one attached hydrogen (secondary N) is 2. The highest BCUT2D eigenvalue weighted by atomic mass is 32.1. The van der Waals surface area contributed by atoms with Crippen molar-refractivity contribution in [2.45, 2.75) is 31.9 Å². The number of carbonyl (C=O) groups is 1. The number of carbonyl (C=O) groups excluding carboxylic acids is 1. The van der Waals surface area contributed by atoms with Crippen LogP contribution >= 0.6 is 11.3 Å². The van der Waals surface area contributed by atoms with E-state index in [1.807, 2.05) is 25.1 Å². The first-order valence-corrected chi connectivity index (χ1v) is 13.0. The quantitative estimate of drug-likeness (QED) is 0.401. The van der Waals surface area contributed by atoms with Crippen molar-refractivity contribution in [2.75, 3.05) is 37.0 Å². The summed E-state index contributed by atoms with van der Waals surface area (Å²) in [7, 11) is 1.77. The van der Waals surface area contributed by atoms with Crippen molar-refractivity contribution in [1.29, 1.82) is 0 Å². The summed E-state index contributed by atoms with van der Waals surface area (Å²) in [6.07, 6.45) is 8.00. The summed E-state index contributed by atoms with van der Waals surface area (Å²) in [4.78, 5) is 25.4. The zero-order valence-corrected chi connectivity index (χ0v) is 21.1. The number of anilines is 2. The van der Waals surface area contributed by atoms with Gasteiger partial charge in [-0.3, -0.25) is 4.79 Å². The Kier molecular flexibility index (Phi) is 5.75. The van der Waals surface area contributed by atoms with Gasteiger partial charge in [-0.25, -0.2) is 9.97 Å². The van der Waals surface area contributed by atoms with Crippen LogP contribution in [0.25, 0.3) is 32.2 Å². The van der Waals surface area contributed by atoms with Crippen LogP contribution < -0.4 is 15.5 Å². The Morgan fingerprint density at radius 1 is 1.17 bits per heavy atom. The zero-order chi connectivity index (χ0) is 24.8. The largest absolute Gasteiger partial charge is 0.381 e. The molecule has 1 saturated heterocycles. The van der Waals surface area contributed by atoms with E-state index in [1.165, 1.54) is 11.3 Å². The molecule has 36 heavy (non-hydrogen) atoms. The van der Waals surface area contributed by atoms with Crippen molar-refractivity contribution in [1.82, 2.24) is 15.3 Å². The molecule has 0 radical (unpaired) electrons. The van der Waals surface area contributed by atoms with Gasteiger partial charge in [-0.05, 0) is 56.2 Å². The minimum atomic E-state index is -0.0258. The average Bonchev–Trinajstić information content (AvgIpc) is 3.24. The third kappa shape index (κ3) is 3.94. The van der Waals surface area contributed by atoms with Crippen LogP contribution in [0, 0.1) is 12.3 Å². The third-order valence-electron chi connectivity index (χ3n) is 7.05. The lowest BCUT2D eigenvalue weighted by Crippen LogP contribution is -2.37. The maximum absolute atomic E-state index is 12.7. The SMILES string of the molecule is C#Cc1cc(-c2ccc3c(ccc4sc5c(c43)NC[C@@H](C)NC5=O)n2)cc(N2CCC(OC)CC2)n1. The topological polar surface area (TPSA) is 79.4 Å². The first kappa shape index (κ1) is 22.8. The number of benzene rings is 1. The van der Waals surface area contributed by atoms with E-state index in [9.17, 15) is 4.79 Å². The standard InChI is InChI=1S/C28H27N5O2S/c1-4-18-13-17(14-24(31-18)33-11-9-19(35-3)10-12-33)21-6-5-20-22(32-21)7-8-23-25(20)26-27(36-23)28(34)30-16(2)15-29-26/h1,5-8,13-14,16,19,29H,9-12,15H2,2-3H3,(H,30,34)/t16-/m1/s1. The van der Waals surface area contributed by atoms with Gasteiger partial charge in [-0.2, -0.15) is 0 Å². The number of aromatic nitrogens is 2. The van der Waals surface area contributed by atoms with Crippen LogP contribution in [0.1, 0.15) is 35.1 Å². The number of ether oxygens (including phenoxy) is 1. The van der Waals surface area contributed by atoms with Gasteiger partial charge >= 0.3 is 0 Å². The smallest absolute Gasteiger partial charge is 0.263 e. The Hall–Kier alpha value is -3.67. The van der Waals surface area contributed by atoms with E-state index in [-0.39, 0.29) is 11.9 Å². The minimum Gasteiger partial charge on any atom is -0.381 e. The third-order valence-corrected chi connectivity index (χ3v) is 8.20. The monoisotopic (exact) mass is 497 g/mol. The highest BCUT2D eigenvalue weighted by Crippen LogP contribution is 2.41. The van der Waals surface area contributed by atoms with Crippen LogP contribution in [0.2, 0.25) is 0 Å². The average molecular weight is 498 g/mol. The van der Waals surface area contributed by atoms with Crippen LogP contribution in [0.15, 0.2) is 36.4 Å². The molecule has 2 aliphatic rings. The van der Waals surface area contributed by atoms with Crippen molar-refractivity contribution in [3.05, 3.63) is 47.0 Å². The molecule has 0 saturated carbocycles. The van der Waals surface area contributed by atoms with E-state index in [4.69, 9.17) is 21.1 Å². The summed E-state index contributed by atoms with van der Waals surface area (Å²) in [6.45, 7) is 4.45. The minimum absolute atomic E-state index is 0.0258. The number of terminal acetylenes is 1. The predicted octanol–water partition coefficient (Wildman–Crippen LogP) is 4.65. The number of methoxy groups -OCH3 is 1. The fraction of sp³-hybridized carbons (Fsp3) is 0.321. The molecule has 5 heterocycles. The van der Waals surface area contributed by atoms with E-state index in [2.05, 4.69) is 39.7 Å². The maximum Gasteiger partial charge on any atom is 0.263 e. The first-order valence-electron chi connectivity index (χ1n) is 12.2. The van der Waals surface area contributed by atoms with Gasteiger partial charge in [0, 0.05) is 53.8 Å². The van der Waals surface area contributed by atoms with Gasteiger partial charge in [0.05, 0.1) is 23.0 Å². The van der Waals surface area contributed by atoms with Crippen LogP contribution in [0.3, 0.4) is 0 Å². The molecule has 7 nitrogen and oxygen atoms in total. The molecule has 0 unspecified atom stereocenters. The second-order valence-electron chi connectivity index (χ2n) is 9.43. The second-order valence-corrected chi connectivity index (χ2v) is 10.5. The Morgan fingerprint density at radius 3 is 2.78 bits per heavy atom. The molecular formula is C28H27N5O2S. The second kappa shape index (κ2) is 9.08. The zero-order valence-electron chi connectivity index (χ0n) is 20.3. The van der Waals surface area contributed by atoms with Gasteiger partial charge in [0.25, 0.3) is 5.91 Å². The predicted molar refractivity (Wildman–Crippen MR) is 146 cm³/mol. The van der Waals surface area contributed by atoms with Gasteiger partial charge in [0.2, 0.25) is 0 Å². The molecule has 1 fully saturated rings. The number of nitrogens with zero attached hydrogens (tertiary/aromatic N) is 3. The molecule has 8 heteroatoms. The van der Waals surface area contributed by atoms with Gasteiger partial charge in [-0.1, -0.05) is 5.92 Å². The summed E-state index contributed by atoms with van der Waals surface area (Å²) in [6, 6.07) is 12.3. The number of amides is 1. The number of hydrogen-bond donors (Lipinski definition) is 2. The van der Waals surface area contributed by atoms with Crippen LogP contribution in [-0.2, 0) is 4.74 Å². The number of piperidine rings is 1. The lowest BCUT2D eigenvalue weighted by Gasteiger charge is -2.32. The molecule has 1 amide bonds. The van der Waals surface area contributed by atoms with E-state index in [0.29, 0.717) is 18.3 Å². The molecule has 2 aliphatic heterocycles. The van der Waals surface area contributed by atoms with Crippen LogP contribution in [0.4, 0.5) is 11.5 Å². The molecule has 4 aromatic rings. The van der Waals surface area contributed by atoms with E-state index in [1.54, 1.807) is 7.11 Å². The summed E-state index contributed by atoms with van der Waals surface area (Å²) in [5.41, 5.74) is 4.16. The Labute approximate surface area is 213 Å². The maximum atomic E-state index is 12.7. The van der Waals surface area contributed by atoms with Crippen LogP contribution in [-0.4, -0.2) is 54.8 Å². The fourth-order valence-electron chi connectivity index (χ4n) is 5.11. The molecular weight excluding hydrogens is 470 g/mol. The normalized spacial score (nSPS) is 18.4. The van der Waals surface area contributed by atoms with Gasteiger partial charge in [0.1, 0.15) is 16.4 Å². The highest BCUT2D eigenvalue weighted by Gasteiger charge is 2.25. The lowest BCUT2D eigenvalue weighted by molar-refractivity contribution is 0.0818. The number of fused-ring (bicyclic) bond motifs is 5. The molecule has 3 aromatic heterocycles. The van der Waals surface area contributed by atoms with E-state index >= 15 is 0 Å². The van der Waals surface area contributed by atoms with Crippen molar-refractivity contribution in [2.24, 2.45) is 0 Å². The van der Waals surface area contributed by atoms with Gasteiger partial charge in [0.15, 0.2) is 0 Å². The molecule has 1 atom stereocenters. The molecule has 2 N–H and O–H groups in total. The van der Waals surface area contributed by atoms with E-state index in [0.717, 1.165) is 74.6 Å². The number of hydrogen-bond acceptors (Lipinski definition) is 7. The van der Waals surface area contributed by atoms with Crippen molar-refractivity contribution in [3.8, 4) is 23.6 Å². The number of pyridine rings is 2. The van der Waals surface area contributed by atoms with Crippen molar-refractivity contribution >= 4 is 49.7 Å². The summed E-state index contributed by atoms with van der Waals surface area (Å²) >= 11 is 1.52. The highest BCUT2D eigenvalue weighted by molar-refractivity contribution is 7.21.